The molecular weight excluding hydrogens is 601 g/mol. The van der Waals surface area contributed by atoms with Gasteiger partial charge in [0.15, 0.2) is 0 Å². The minimum atomic E-state index is -5.31. The second kappa shape index (κ2) is 12.0. The number of anilines is 1. The highest BCUT2D eigenvalue weighted by Gasteiger charge is 2.55. The molecule has 3 N–H and O–H groups in total. The largest absolute Gasteiger partial charge is 0.433 e. The van der Waals surface area contributed by atoms with Crippen molar-refractivity contribution in [1.82, 2.24) is 0 Å². The number of halogens is 3. The van der Waals surface area contributed by atoms with E-state index in [1.807, 2.05) is 5.92 Å². The number of alkyl halides is 3. The average molecular weight is 635 g/mol. The third-order valence-corrected chi connectivity index (χ3v) is 10.2. The van der Waals surface area contributed by atoms with Crippen molar-refractivity contribution in [3.8, 4) is 11.8 Å². The number of nitrogens with zero attached hydrogens (tertiary/aromatic N) is 1. The first kappa shape index (κ1) is 32.5. The summed E-state index contributed by atoms with van der Waals surface area (Å²) in [5, 5.41) is 16.7. The third kappa shape index (κ3) is 6.75. The van der Waals surface area contributed by atoms with Gasteiger partial charge in [-0.25, -0.2) is 22.0 Å². The molecule has 0 heterocycles. The molecule has 0 aliphatic heterocycles. The molecule has 0 radical (unpaired) electrons. The topological polar surface area (TPSA) is 118 Å². The van der Waals surface area contributed by atoms with Gasteiger partial charge in [0, 0.05) is 17.7 Å². The Balaban J connectivity index is 1.92. The normalized spacial score (nSPS) is 15.3. The van der Waals surface area contributed by atoms with E-state index in [4.69, 9.17) is 5.14 Å². The minimum absolute atomic E-state index is 0.0164. The van der Waals surface area contributed by atoms with E-state index in [0.717, 1.165) is 23.2 Å². The molecule has 3 aromatic carbocycles. The van der Waals surface area contributed by atoms with Crippen LogP contribution in [0.1, 0.15) is 54.0 Å². The van der Waals surface area contributed by atoms with Crippen molar-refractivity contribution in [3.63, 3.8) is 0 Å². The molecule has 0 amide bonds. The van der Waals surface area contributed by atoms with Crippen LogP contribution in [0.2, 0.25) is 0 Å². The molecule has 1 aliphatic carbocycles. The Morgan fingerprint density at radius 3 is 2.16 bits per heavy atom. The highest BCUT2D eigenvalue weighted by Crippen LogP contribution is 2.43. The molecule has 1 fully saturated rings. The van der Waals surface area contributed by atoms with E-state index in [0.29, 0.717) is 12.0 Å². The van der Waals surface area contributed by atoms with Crippen molar-refractivity contribution in [3.05, 3.63) is 88.5 Å². The van der Waals surface area contributed by atoms with Gasteiger partial charge in [0.05, 0.1) is 15.5 Å². The Bertz CT molecular complexity index is 1790. The molecule has 0 bridgehead atoms. The summed E-state index contributed by atoms with van der Waals surface area (Å²) in [7, 11) is -8.35. The first-order valence-corrected chi connectivity index (χ1v) is 16.7. The molecule has 1 saturated carbocycles. The van der Waals surface area contributed by atoms with Crippen molar-refractivity contribution in [2.24, 2.45) is 11.1 Å². The summed E-state index contributed by atoms with van der Waals surface area (Å²) < 4.78 is 97.1. The van der Waals surface area contributed by atoms with E-state index >= 15 is 0 Å². The number of hydrogen-bond acceptors (Lipinski definition) is 5. The Morgan fingerprint density at radius 2 is 1.60 bits per heavy atom. The fourth-order valence-corrected chi connectivity index (χ4v) is 7.24. The van der Waals surface area contributed by atoms with Crippen LogP contribution >= 0.6 is 0 Å². The third-order valence-electron chi connectivity index (χ3n) is 7.41. The molecule has 12 heteroatoms. The molecule has 0 aromatic heterocycles. The maximum Gasteiger partial charge on any atom is 0.433 e. The summed E-state index contributed by atoms with van der Waals surface area (Å²) in [6.45, 7) is 4.77. The first-order valence-electron chi connectivity index (χ1n) is 13.7. The number of nitrogens with two attached hydrogens (primary N) is 1. The summed E-state index contributed by atoms with van der Waals surface area (Å²) in [5.41, 5.74) is -3.77. The van der Waals surface area contributed by atoms with Gasteiger partial charge in [-0.05, 0) is 92.0 Å². The zero-order valence-corrected chi connectivity index (χ0v) is 25.6. The molecule has 7 nitrogen and oxygen atoms in total. The summed E-state index contributed by atoms with van der Waals surface area (Å²) in [6, 6.07) is 14.0. The number of benzene rings is 3. The summed E-state index contributed by atoms with van der Waals surface area (Å²) >= 11 is 0. The van der Waals surface area contributed by atoms with E-state index in [1.54, 1.807) is 32.0 Å². The molecule has 0 saturated heterocycles. The number of aryl methyl sites for hydroxylation is 2. The second-order valence-corrected chi connectivity index (χ2v) is 14.2. The Morgan fingerprint density at radius 1 is 0.977 bits per heavy atom. The predicted molar refractivity (Wildman–Crippen MR) is 158 cm³/mol. The smallest absolute Gasteiger partial charge is 0.366 e. The van der Waals surface area contributed by atoms with E-state index in [2.05, 4.69) is 5.92 Å². The molecule has 1 unspecified atom stereocenters. The number of hydrogen-bond donors (Lipinski definition) is 2. The standard InChI is InChI=1S/C31H33F3N2O5S2/c1-4-8-27-26(21(2)12-16-29(27)42(35,38)39)17-18-30(37,31(32,33)34)28-19-24(15-11-22(28)3)36(20-23-13-14-23)43(40,41)25-9-6-5-7-10-25/h5-7,9-12,15-16,19,23,37H,4,8,13-14,20H2,1-3H3,(H2,35,38,39). The van der Waals surface area contributed by atoms with E-state index < -0.39 is 37.4 Å². The molecular formula is C31H33F3N2O5S2. The van der Waals surface area contributed by atoms with Gasteiger partial charge in [0.25, 0.3) is 10.0 Å². The molecule has 43 heavy (non-hydrogen) atoms. The summed E-state index contributed by atoms with van der Waals surface area (Å²) in [4.78, 5) is -0.267. The Hall–Kier alpha value is -3.37. The molecule has 4 rings (SSSR count). The van der Waals surface area contributed by atoms with Gasteiger partial charge < -0.3 is 5.11 Å². The van der Waals surface area contributed by atoms with Gasteiger partial charge in [-0.2, -0.15) is 13.2 Å². The number of primary sulfonamides is 1. The number of aliphatic hydroxyl groups is 1. The van der Waals surface area contributed by atoms with Crippen LogP contribution in [-0.2, 0) is 32.1 Å². The van der Waals surface area contributed by atoms with Crippen LogP contribution in [0.4, 0.5) is 18.9 Å². The lowest BCUT2D eigenvalue weighted by atomic mass is 9.88. The monoisotopic (exact) mass is 634 g/mol. The number of sulfonamides is 2. The average Bonchev–Trinajstić information content (AvgIpc) is 3.75. The van der Waals surface area contributed by atoms with Crippen LogP contribution in [0.25, 0.3) is 0 Å². The molecule has 230 valence electrons. The van der Waals surface area contributed by atoms with Gasteiger partial charge in [0.2, 0.25) is 15.6 Å². The maximum absolute atomic E-state index is 14.7. The van der Waals surface area contributed by atoms with E-state index in [9.17, 15) is 35.1 Å². The lowest BCUT2D eigenvalue weighted by molar-refractivity contribution is -0.241. The number of rotatable bonds is 9. The van der Waals surface area contributed by atoms with Gasteiger partial charge in [-0.15, -0.1) is 0 Å². The molecule has 1 aliphatic rings. The second-order valence-electron chi connectivity index (χ2n) is 10.8. The van der Waals surface area contributed by atoms with Crippen LogP contribution in [0.3, 0.4) is 0 Å². The lowest BCUT2D eigenvalue weighted by Gasteiger charge is -2.30. The zero-order chi connectivity index (χ0) is 31.8. The van der Waals surface area contributed by atoms with Gasteiger partial charge in [-0.3, -0.25) is 4.31 Å². The maximum atomic E-state index is 14.7. The quantitative estimate of drug-likeness (QED) is 0.310. The highest BCUT2D eigenvalue weighted by atomic mass is 32.2. The van der Waals surface area contributed by atoms with E-state index in [1.165, 1.54) is 43.3 Å². The van der Waals surface area contributed by atoms with Gasteiger partial charge in [-0.1, -0.05) is 49.6 Å². The van der Waals surface area contributed by atoms with E-state index in [-0.39, 0.29) is 51.1 Å². The molecule has 1 atom stereocenters. The van der Waals surface area contributed by atoms with Gasteiger partial charge in [0.1, 0.15) is 0 Å². The van der Waals surface area contributed by atoms with Crippen molar-refractivity contribution < 1.29 is 35.1 Å². The van der Waals surface area contributed by atoms with Crippen LogP contribution in [0, 0.1) is 31.6 Å². The Labute approximate surface area is 250 Å². The summed E-state index contributed by atoms with van der Waals surface area (Å²) in [5.74, 6) is 4.47. The van der Waals surface area contributed by atoms with Crippen molar-refractivity contribution >= 4 is 25.7 Å². The molecule has 3 aromatic rings. The highest BCUT2D eigenvalue weighted by molar-refractivity contribution is 7.92. The Kier molecular flexibility index (Phi) is 9.05. The van der Waals surface area contributed by atoms with Crippen molar-refractivity contribution in [2.45, 2.75) is 68.0 Å². The predicted octanol–water partition coefficient (Wildman–Crippen LogP) is 5.31. The van der Waals surface area contributed by atoms with Crippen molar-refractivity contribution in [1.29, 1.82) is 0 Å². The fourth-order valence-electron chi connectivity index (χ4n) is 4.88. The fraction of sp³-hybridized carbons (Fsp3) is 0.355. The SMILES string of the molecule is CCCc1c(S(N)(=O)=O)ccc(C)c1C#CC(O)(c1cc(N(CC2CC2)S(=O)(=O)c2ccccc2)ccc1C)C(F)(F)F. The van der Waals surface area contributed by atoms with Gasteiger partial charge >= 0.3 is 6.18 Å². The summed E-state index contributed by atoms with van der Waals surface area (Å²) in [6.07, 6.45) is -3.11. The van der Waals surface area contributed by atoms with Crippen LogP contribution < -0.4 is 9.44 Å². The first-order chi connectivity index (χ1) is 20.0. The van der Waals surface area contributed by atoms with Crippen LogP contribution in [0.5, 0.6) is 0 Å². The lowest BCUT2D eigenvalue weighted by Crippen LogP contribution is -2.42. The molecule has 0 spiro atoms. The van der Waals surface area contributed by atoms with Crippen molar-refractivity contribution in [2.75, 3.05) is 10.8 Å². The van der Waals surface area contributed by atoms with Crippen LogP contribution in [0.15, 0.2) is 70.5 Å². The van der Waals surface area contributed by atoms with Crippen LogP contribution in [-0.4, -0.2) is 34.7 Å². The zero-order valence-electron chi connectivity index (χ0n) is 23.9. The minimum Gasteiger partial charge on any atom is -0.366 e.